The van der Waals surface area contributed by atoms with Crippen LogP contribution in [-0.4, -0.2) is 11.1 Å². The zero-order valence-electron chi connectivity index (χ0n) is 6.14. The van der Waals surface area contributed by atoms with Gasteiger partial charge in [-0.25, -0.2) is 0 Å². The molecule has 0 aliphatic heterocycles. The number of hydrogen-bond acceptors (Lipinski definition) is 1. The Morgan fingerprint density at radius 1 is 1.50 bits per heavy atom. The van der Waals surface area contributed by atoms with E-state index in [0.29, 0.717) is 10.7 Å². The summed E-state index contributed by atoms with van der Waals surface area (Å²) in [7, 11) is 0. The molecule has 10 heavy (non-hydrogen) atoms. The highest BCUT2D eigenvalue weighted by Crippen LogP contribution is 2.31. The normalized spacial score (nSPS) is 41.2. The van der Waals surface area contributed by atoms with Crippen LogP contribution in [-0.2, 0) is 4.79 Å². The second kappa shape index (κ2) is 3.51. The van der Waals surface area contributed by atoms with Gasteiger partial charge in [0.1, 0.15) is 0 Å². The molecule has 0 spiro atoms. The zero-order valence-corrected chi connectivity index (χ0v) is 7.73. The van der Waals surface area contributed by atoms with E-state index >= 15 is 0 Å². The molecule has 3 atom stereocenters. The molecule has 0 aromatic rings. The van der Waals surface area contributed by atoms with Crippen LogP contribution in [0.5, 0.6) is 0 Å². The Labute approximate surface area is 70.3 Å². The SMILES string of the molecule is CC1CCC(Br)C([C]=O)C1. The monoisotopic (exact) mass is 203 g/mol. The maximum Gasteiger partial charge on any atom is 0.202 e. The quantitative estimate of drug-likeness (QED) is 0.599. The lowest BCUT2D eigenvalue weighted by molar-refractivity contribution is 0.342. The van der Waals surface area contributed by atoms with Crippen molar-refractivity contribution in [2.75, 3.05) is 0 Å². The second-order valence-corrected chi connectivity index (χ2v) is 4.33. The summed E-state index contributed by atoms with van der Waals surface area (Å²) in [6.45, 7) is 2.20. The smallest absolute Gasteiger partial charge is 0.202 e. The Hall–Kier alpha value is 0.150. The van der Waals surface area contributed by atoms with Crippen molar-refractivity contribution in [1.29, 1.82) is 0 Å². The van der Waals surface area contributed by atoms with Crippen LogP contribution in [0.4, 0.5) is 0 Å². The molecule has 0 aromatic heterocycles. The molecule has 1 saturated carbocycles. The van der Waals surface area contributed by atoms with Crippen molar-refractivity contribution >= 4 is 22.2 Å². The fourth-order valence-corrected chi connectivity index (χ4v) is 2.05. The largest absolute Gasteiger partial charge is 0.291 e. The van der Waals surface area contributed by atoms with Gasteiger partial charge in [0.25, 0.3) is 0 Å². The summed E-state index contributed by atoms with van der Waals surface area (Å²) >= 11 is 3.48. The predicted molar refractivity (Wildman–Crippen MR) is 44.9 cm³/mol. The fourth-order valence-electron chi connectivity index (χ4n) is 1.47. The van der Waals surface area contributed by atoms with Crippen LogP contribution in [0, 0.1) is 11.8 Å². The van der Waals surface area contributed by atoms with Gasteiger partial charge in [-0.15, -0.1) is 0 Å². The van der Waals surface area contributed by atoms with Gasteiger partial charge in [-0.2, -0.15) is 0 Å². The van der Waals surface area contributed by atoms with Crippen LogP contribution in [0.15, 0.2) is 0 Å². The summed E-state index contributed by atoms with van der Waals surface area (Å²) in [6.07, 6.45) is 5.47. The van der Waals surface area contributed by atoms with Crippen molar-refractivity contribution in [3.63, 3.8) is 0 Å². The second-order valence-electron chi connectivity index (χ2n) is 3.16. The van der Waals surface area contributed by atoms with Crippen molar-refractivity contribution in [2.24, 2.45) is 11.8 Å². The molecule has 0 bridgehead atoms. The summed E-state index contributed by atoms with van der Waals surface area (Å²) in [5, 5.41) is 0. The highest BCUT2D eigenvalue weighted by molar-refractivity contribution is 9.09. The molecule has 2 heteroatoms. The van der Waals surface area contributed by atoms with Crippen molar-refractivity contribution in [3.8, 4) is 0 Å². The average molecular weight is 204 g/mol. The summed E-state index contributed by atoms with van der Waals surface area (Å²) in [5.41, 5.74) is 0. The Balaban J connectivity index is 2.45. The van der Waals surface area contributed by atoms with Crippen LogP contribution in [0.1, 0.15) is 26.2 Å². The highest BCUT2D eigenvalue weighted by atomic mass is 79.9. The molecule has 1 nitrogen and oxygen atoms in total. The van der Waals surface area contributed by atoms with Crippen molar-refractivity contribution in [3.05, 3.63) is 0 Å². The molecule has 1 aliphatic rings. The summed E-state index contributed by atoms with van der Waals surface area (Å²) in [5.74, 6) is 0.851. The number of alkyl halides is 1. The van der Waals surface area contributed by atoms with Gasteiger partial charge >= 0.3 is 0 Å². The van der Waals surface area contributed by atoms with E-state index < -0.39 is 0 Å². The molecule has 1 aliphatic carbocycles. The molecule has 0 heterocycles. The Morgan fingerprint density at radius 2 is 2.20 bits per heavy atom. The highest BCUT2D eigenvalue weighted by Gasteiger charge is 2.26. The van der Waals surface area contributed by atoms with Gasteiger partial charge in [-0.3, -0.25) is 4.79 Å². The lowest BCUT2D eigenvalue weighted by Gasteiger charge is -2.26. The van der Waals surface area contributed by atoms with Gasteiger partial charge in [-0.05, 0) is 25.2 Å². The topological polar surface area (TPSA) is 17.1 Å². The van der Waals surface area contributed by atoms with E-state index in [2.05, 4.69) is 29.1 Å². The predicted octanol–water partition coefficient (Wildman–Crippen LogP) is 2.30. The van der Waals surface area contributed by atoms with Gasteiger partial charge < -0.3 is 0 Å². The maximum absolute atomic E-state index is 10.4. The van der Waals surface area contributed by atoms with Crippen molar-refractivity contribution in [1.82, 2.24) is 0 Å². The first-order valence-electron chi connectivity index (χ1n) is 3.75. The lowest BCUT2D eigenvalue weighted by Crippen LogP contribution is -2.24. The first kappa shape index (κ1) is 8.25. The van der Waals surface area contributed by atoms with Crippen LogP contribution < -0.4 is 0 Å². The third kappa shape index (κ3) is 1.82. The van der Waals surface area contributed by atoms with Crippen molar-refractivity contribution in [2.45, 2.75) is 31.0 Å². The fraction of sp³-hybridized carbons (Fsp3) is 0.875. The van der Waals surface area contributed by atoms with Gasteiger partial charge in [0, 0.05) is 10.7 Å². The van der Waals surface area contributed by atoms with Gasteiger partial charge in [-0.1, -0.05) is 22.9 Å². The molecule has 1 radical (unpaired) electrons. The average Bonchev–Trinajstić information content (AvgIpc) is 1.94. The van der Waals surface area contributed by atoms with Crippen molar-refractivity contribution < 1.29 is 4.79 Å². The van der Waals surface area contributed by atoms with Crippen LogP contribution in [0.3, 0.4) is 0 Å². The summed E-state index contributed by atoms with van der Waals surface area (Å²) < 4.78 is 0. The Kier molecular flexibility index (Phi) is 2.90. The molecule has 3 unspecified atom stereocenters. The van der Waals surface area contributed by atoms with Crippen LogP contribution in [0.2, 0.25) is 0 Å². The lowest BCUT2D eigenvalue weighted by atomic mass is 9.83. The first-order valence-corrected chi connectivity index (χ1v) is 4.67. The minimum absolute atomic E-state index is 0.142. The van der Waals surface area contributed by atoms with Gasteiger partial charge in [0.05, 0.1) is 0 Å². The molecule has 57 valence electrons. The minimum Gasteiger partial charge on any atom is -0.291 e. The number of rotatable bonds is 1. The molecule has 1 fully saturated rings. The Morgan fingerprint density at radius 3 is 2.70 bits per heavy atom. The number of halogens is 1. The van der Waals surface area contributed by atoms with E-state index in [1.807, 2.05) is 0 Å². The van der Waals surface area contributed by atoms with E-state index in [4.69, 9.17) is 0 Å². The third-order valence-electron chi connectivity index (χ3n) is 2.18. The molecular formula is C8H12BrO. The van der Waals surface area contributed by atoms with E-state index in [-0.39, 0.29) is 5.92 Å². The van der Waals surface area contributed by atoms with E-state index in [1.165, 1.54) is 6.42 Å². The zero-order chi connectivity index (χ0) is 7.56. The maximum atomic E-state index is 10.4. The number of carbonyl (C=O) groups excluding carboxylic acids is 1. The van der Waals surface area contributed by atoms with Crippen LogP contribution in [0.25, 0.3) is 0 Å². The molecule has 0 amide bonds. The van der Waals surface area contributed by atoms with E-state index in [0.717, 1.165) is 12.8 Å². The Bertz CT molecular complexity index is 124. The number of hydrogen-bond donors (Lipinski definition) is 0. The standard InChI is InChI=1S/C8H12BrO/c1-6-2-3-8(9)7(4-6)5-10/h6-8H,2-4H2,1H3. The molecular weight excluding hydrogens is 192 g/mol. The summed E-state index contributed by atoms with van der Waals surface area (Å²) in [4.78, 5) is 10.8. The van der Waals surface area contributed by atoms with Gasteiger partial charge in [0.15, 0.2) is 0 Å². The minimum atomic E-state index is 0.142. The molecule has 0 aromatic carbocycles. The molecule has 0 N–H and O–H groups in total. The van der Waals surface area contributed by atoms with Crippen LogP contribution >= 0.6 is 15.9 Å². The summed E-state index contributed by atoms with van der Waals surface area (Å²) in [6, 6.07) is 0. The first-order chi connectivity index (χ1) is 4.74. The third-order valence-corrected chi connectivity index (χ3v) is 3.28. The van der Waals surface area contributed by atoms with E-state index in [9.17, 15) is 4.79 Å². The van der Waals surface area contributed by atoms with Gasteiger partial charge in [0.2, 0.25) is 6.29 Å². The molecule has 1 rings (SSSR count). The van der Waals surface area contributed by atoms with E-state index in [1.54, 1.807) is 0 Å². The molecule has 0 saturated heterocycles.